The molecule has 112 valence electrons. The second-order valence-corrected chi connectivity index (χ2v) is 6.44. The lowest BCUT2D eigenvalue weighted by molar-refractivity contribution is 0.498. The van der Waals surface area contributed by atoms with Crippen LogP contribution in [0.4, 0.5) is 11.5 Å². The molecule has 0 spiro atoms. The molecule has 1 heterocycles. The van der Waals surface area contributed by atoms with E-state index in [0.29, 0.717) is 17.1 Å². The summed E-state index contributed by atoms with van der Waals surface area (Å²) in [6, 6.07) is 10.9. The first-order valence-corrected chi connectivity index (χ1v) is 7.55. The summed E-state index contributed by atoms with van der Waals surface area (Å²) in [4.78, 5) is 4.07. The van der Waals surface area contributed by atoms with Crippen LogP contribution < -0.4 is 10.0 Å². The zero-order valence-corrected chi connectivity index (χ0v) is 13.1. The first kappa shape index (κ1) is 15.5. The molecule has 0 radical (unpaired) electrons. The van der Waals surface area contributed by atoms with Crippen molar-refractivity contribution in [1.82, 2.24) is 4.98 Å². The minimum Gasteiger partial charge on any atom is -0.755 e. The molecule has 0 bridgehead atoms. The second-order valence-electron chi connectivity index (χ2n) is 5.64. The summed E-state index contributed by atoms with van der Waals surface area (Å²) in [6.45, 7) is 5.52. The minimum absolute atomic E-state index is 0.371. The molecule has 2 aromatic rings. The molecule has 6 heteroatoms. The van der Waals surface area contributed by atoms with Crippen LogP contribution >= 0.6 is 0 Å². The van der Waals surface area contributed by atoms with Gasteiger partial charge in [-0.05, 0) is 39.0 Å². The van der Waals surface area contributed by atoms with Crippen molar-refractivity contribution in [2.45, 2.75) is 26.3 Å². The number of hydrogen-bond acceptors (Lipinski definition) is 4. The highest BCUT2D eigenvalue weighted by Gasteiger charge is 2.25. The van der Waals surface area contributed by atoms with E-state index in [9.17, 15) is 8.76 Å². The van der Waals surface area contributed by atoms with Crippen molar-refractivity contribution in [3.05, 3.63) is 42.6 Å². The summed E-state index contributed by atoms with van der Waals surface area (Å²) in [5.41, 5.74) is 7.37. The molecular weight excluding hydrogens is 286 g/mol. The lowest BCUT2D eigenvalue weighted by Gasteiger charge is -2.39. The number of anilines is 2. The number of pyridine rings is 1. The normalized spacial score (nSPS) is 13.0. The standard InChI is InChI=1S/C15H19N3O2S/c1-15(2,3)18(21(19)20)13-9-5-4-7-11(13)12-8-6-10-17-14(12)16/h4-10H,1-3H3,(H2,16,17)(H,19,20)/p-1. The van der Waals surface area contributed by atoms with Gasteiger partial charge in [-0.3, -0.25) is 8.51 Å². The molecule has 5 nitrogen and oxygen atoms in total. The van der Waals surface area contributed by atoms with Gasteiger partial charge in [0.05, 0.1) is 5.69 Å². The van der Waals surface area contributed by atoms with Crippen LogP contribution in [0.1, 0.15) is 20.8 Å². The van der Waals surface area contributed by atoms with E-state index in [4.69, 9.17) is 5.73 Å². The topological polar surface area (TPSA) is 82.3 Å². The summed E-state index contributed by atoms with van der Waals surface area (Å²) in [5.74, 6) is 0.371. The lowest BCUT2D eigenvalue weighted by atomic mass is 10.0. The number of nitrogens with zero attached hydrogens (tertiary/aromatic N) is 2. The fourth-order valence-corrected chi connectivity index (χ4v) is 2.96. The molecule has 1 unspecified atom stereocenters. The summed E-state index contributed by atoms with van der Waals surface area (Å²) in [5, 5.41) is 0. The largest absolute Gasteiger partial charge is 0.755 e. The van der Waals surface area contributed by atoms with Gasteiger partial charge in [0.1, 0.15) is 5.82 Å². The van der Waals surface area contributed by atoms with Crippen LogP contribution in [-0.2, 0) is 11.3 Å². The maximum atomic E-state index is 11.7. The van der Waals surface area contributed by atoms with Crippen molar-refractivity contribution in [2.75, 3.05) is 10.0 Å². The van der Waals surface area contributed by atoms with E-state index in [0.717, 1.165) is 5.56 Å². The molecule has 21 heavy (non-hydrogen) atoms. The third-order valence-corrected chi connectivity index (χ3v) is 4.05. The van der Waals surface area contributed by atoms with Crippen molar-refractivity contribution < 1.29 is 8.76 Å². The number of benzene rings is 1. The molecular formula is C15H18N3O2S-. The van der Waals surface area contributed by atoms with Crippen LogP contribution in [0, 0.1) is 0 Å². The predicted molar refractivity (Wildman–Crippen MR) is 85.2 cm³/mol. The molecule has 0 aliphatic carbocycles. The lowest BCUT2D eigenvalue weighted by Crippen LogP contribution is -2.42. The summed E-state index contributed by atoms with van der Waals surface area (Å²) in [7, 11) is 0. The molecule has 0 fully saturated rings. The summed E-state index contributed by atoms with van der Waals surface area (Å²) in [6.07, 6.45) is 1.61. The maximum Gasteiger partial charge on any atom is 0.131 e. The number of para-hydroxylation sites is 1. The molecule has 0 aliphatic heterocycles. The monoisotopic (exact) mass is 304 g/mol. The smallest absolute Gasteiger partial charge is 0.131 e. The third-order valence-electron chi connectivity index (χ3n) is 3.01. The van der Waals surface area contributed by atoms with Crippen molar-refractivity contribution in [3.8, 4) is 11.1 Å². The Hall–Kier alpha value is -1.92. The number of hydrogen-bond donors (Lipinski definition) is 1. The fraction of sp³-hybridized carbons (Fsp3) is 0.267. The Labute approximate surface area is 127 Å². The zero-order valence-electron chi connectivity index (χ0n) is 12.2. The maximum absolute atomic E-state index is 11.7. The number of nitrogen functional groups attached to an aromatic ring is 1. The SMILES string of the molecule is CC(C)(C)N(c1ccccc1-c1cccnc1N)S(=O)[O-]. The van der Waals surface area contributed by atoms with Crippen molar-refractivity contribution in [3.63, 3.8) is 0 Å². The van der Waals surface area contributed by atoms with Crippen LogP contribution in [0.5, 0.6) is 0 Å². The molecule has 1 atom stereocenters. The van der Waals surface area contributed by atoms with Gasteiger partial charge in [0.15, 0.2) is 0 Å². The highest BCUT2D eigenvalue weighted by atomic mass is 32.2. The molecule has 2 rings (SSSR count). The van der Waals surface area contributed by atoms with Crippen LogP contribution in [0.3, 0.4) is 0 Å². The molecule has 0 saturated heterocycles. The van der Waals surface area contributed by atoms with Crippen LogP contribution in [-0.4, -0.2) is 19.3 Å². The Morgan fingerprint density at radius 3 is 2.33 bits per heavy atom. The van der Waals surface area contributed by atoms with Gasteiger partial charge in [-0.2, -0.15) is 0 Å². The van der Waals surface area contributed by atoms with E-state index in [1.807, 2.05) is 39.0 Å². The average molecular weight is 304 g/mol. The van der Waals surface area contributed by atoms with Crippen LogP contribution in [0.15, 0.2) is 42.6 Å². The Balaban J connectivity index is 2.66. The van der Waals surface area contributed by atoms with Crippen LogP contribution in [0.2, 0.25) is 0 Å². The number of nitrogens with two attached hydrogens (primary N) is 1. The number of aromatic nitrogens is 1. The molecule has 2 N–H and O–H groups in total. The Bertz CT molecular complexity index is 668. The predicted octanol–water partition coefficient (Wildman–Crippen LogP) is 2.73. The van der Waals surface area contributed by atoms with Crippen molar-refractivity contribution >= 4 is 22.8 Å². The first-order valence-electron chi connectivity index (χ1n) is 6.52. The Morgan fingerprint density at radius 2 is 1.76 bits per heavy atom. The van der Waals surface area contributed by atoms with Crippen molar-refractivity contribution in [2.24, 2.45) is 0 Å². The first-order chi connectivity index (χ1) is 9.82. The van der Waals surface area contributed by atoms with Gasteiger partial charge < -0.3 is 10.3 Å². The van der Waals surface area contributed by atoms with E-state index in [1.54, 1.807) is 24.4 Å². The van der Waals surface area contributed by atoms with Gasteiger partial charge in [0.25, 0.3) is 0 Å². The highest BCUT2D eigenvalue weighted by molar-refractivity contribution is 7.80. The van der Waals surface area contributed by atoms with E-state index in [2.05, 4.69) is 4.98 Å². The van der Waals surface area contributed by atoms with E-state index < -0.39 is 16.8 Å². The molecule has 0 amide bonds. The fourth-order valence-electron chi connectivity index (χ4n) is 2.19. The minimum atomic E-state index is -2.39. The van der Waals surface area contributed by atoms with Gasteiger partial charge in [0, 0.05) is 34.1 Å². The highest BCUT2D eigenvalue weighted by Crippen LogP contribution is 2.36. The van der Waals surface area contributed by atoms with E-state index in [1.165, 1.54) is 4.31 Å². The van der Waals surface area contributed by atoms with Gasteiger partial charge in [-0.25, -0.2) is 4.98 Å². The van der Waals surface area contributed by atoms with Gasteiger partial charge in [0.2, 0.25) is 0 Å². The van der Waals surface area contributed by atoms with Gasteiger partial charge in [-0.1, -0.05) is 18.2 Å². The van der Waals surface area contributed by atoms with Gasteiger partial charge >= 0.3 is 0 Å². The quantitative estimate of drug-likeness (QED) is 0.884. The molecule has 1 aromatic carbocycles. The van der Waals surface area contributed by atoms with E-state index >= 15 is 0 Å². The van der Waals surface area contributed by atoms with Crippen LogP contribution in [0.25, 0.3) is 11.1 Å². The van der Waals surface area contributed by atoms with E-state index in [-0.39, 0.29) is 0 Å². The Morgan fingerprint density at radius 1 is 1.14 bits per heavy atom. The summed E-state index contributed by atoms with van der Waals surface area (Å²) >= 11 is -2.39. The van der Waals surface area contributed by atoms with Gasteiger partial charge in [-0.15, -0.1) is 0 Å². The molecule has 1 aromatic heterocycles. The number of rotatable bonds is 3. The Kier molecular flexibility index (Phi) is 4.29. The second kappa shape index (κ2) is 5.83. The van der Waals surface area contributed by atoms with Crippen molar-refractivity contribution in [1.29, 1.82) is 0 Å². The summed E-state index contributed by atoms with van der Waals surface area (Å²) < 4.78 is 24.7. The zero-order chi connectivity index (χ0) is 15.6. The molecule has 0 saturated carbocycles. The third kappa shape index (κ3) is 3.22. The molecule has 0 aliphatic rings. The average Bonchev–Trinajstić information content (AvgIpc) is 2.38.